The lowest BCUT2D eigenvalue weighted by Crippen LogP contribution is -2.27. The van der Waals surface area contributed by atoms with Gasteiger partial charge in [-0.05, 0) is 36.3 Å². The Morgan fingerprint density at radius 1 is 1.05 bits per heavy atom. The first-order valence-corrected chi connectivity index (χ1v) is 6.69. The van der Waals surface area contributed by atoms with E-state index < -0.39 is 0 Å². The molecule has 0 heterocycles. The molecule has 2 aromatic carbocycles. The molecule has 2 rings (SSSR count). The van der Waals surface area contributed by atoms with E-state index in [-0.39, 0.29) is 5.91 Å². The summed E-state index contributed by atoms with van der Waals surface area (Å²) in [4.78, 5) is 11.9. The summed E-state index contributed by atoms with van der Waals surface area (Å²) in [5, 5.41) is 8.36. The Labute approximate surface area is 114 Å². The first-order valence-electron chi connectivity index (χ1n) is 6.69. The number of nitrogens with one attached hydrogen (secondary N) is 2. The topological polar surface area (TPSA) is 41.1 Å². The van der Waals surface area contributed by atoms with Gasteiger partial charge in [-0.25, -0.2) is 0 Å². The number of rotatable bonds is 6. The van der Waals surface area contributed by atoms with E-state index in [1.54, 1.807) is 0 Å². The Bertz CT molecular complexity index is 546. The number of benzene rings is 2. The molecular formula is C16H20N2O. The zero-order valence-electron chi connectivity index (χ0n) is 11.3. The van der Waals surface area contributed by atoms with Crippen LogP contribution in [0.5, 0.6) is 0 Å². The highest BCUT2D eigenvalue weighted by Gasteiger charge is 2.05. The molecule has 0 spiro atoms. The first-order chi connectivity index (χ1) is 9.31. The SMILES string of the molecule is CNCCCNC(=O)Cc1cccc2ccccc12. The number of amides is 1. The molecule has 0 saturated carbocycles. The molecule has 0 aromatic heterocycles. The average Bonchev–Trinajstić information content (AvgIpc) is 2.44. The molecule has 0 bridgehead atoms. The van der Waals surface area contributed by atoms with Gasteiger partial charge in [0, 0.05) is 6.54 Å². The second-order valence-corrected chi connectivity index (χ2v) is 4.62. The minimum absolute atomic E-state index is 0.0902. The van der Waals surface area contributed by atoms with E-state index in [0.717, 1.165) is 30.5 Å². The van der Waals surface area contributed by atoms with Crippen molar-refractivity contribution in [1.82, 2.24) is 10.6 Å². The van der Waals surface area contributed by atoms with Gasteiger partial charge in [0.05, 0.1) is 6.42 Å². The molecule has 3 nitrogen and oxygen atoms in total. The summed E-state index contributed by atoms with van der Waals surface area (Å²) >= 11 is 0. The number of fused-ring (bicyclic) bond motifs is 1. The Kier molecular flexibility index (Phi) is 4.93. The number of hydrogen-bond donors (Lipinski definition) is 2. The van der Waals surface area contributed by atoms with E-state index >= 15 is 0 Å². The fraction of sp³-hybridized carbons (Fsp3) is 0.312. The van der Waals surface area contributed by atoms with Gasteiger partial charge in [-0.1, -0.05) is 42.5 Å². The molecule has 19 heavy (non-hydrogen) atoms. The van der Waals surface area contributed by atoms with Crippen molar-refractivity contribution in [2.45, 2.75) is 12.8 Å². The van der Waals surface area contributed by atoms with Crippen LogP contribution in [0.25, 0.3) is 10.8 Å². The molecule has 2 N–H and O–H groups in total. The molecule has 0 fully saturated rings. The third-order valence-electron chi connectivity index (χ3n) is 3.16. The van der Waals surface area contributed by atoms with Gasteiger partial charge in [0.1, 0.15) is 0 Å². The maximum absolute atomic E-state index is 11.9. The molecule has 0 aliphatic carbocycles. The summed E-state index contributed by atoms with van der Waals surface area (Å²) in [6.45, 7) is 1.65. The monoisotopic (exact) mass is 256 g/mol. The first kappa shape index (κ1) is 13.6. The highest BCUT2D eigenvalue weighted by Crippen LogP contribution is 2.18. The standard InChI is InChI=1S/C16H20N2O/c1-17-10-5-11-18-16(19)12-14-8-4-7-13-6-2-3-9-15(13)14/h2-4,6-9,17H,5,10-12H2,1H3,(H,18,19). The third kappa shape index (κ3) is 3.80. The van der Waals surface area contributed by atoms with E-state index in [9.17, 15) is 4.79 Å². The maximum Gasteiger partial charge on any atom is 0.224 e. The van der Waals surface area contributed by atoms with Gasteiger partial charge < -0.3 is 10.6 Å². The van der Waals surface area contributed by atoms with Crippen LogP contribution >= 0.6 is 0 Å². The highest BCUT2D eigenvalue weighted by atomic mass is 16.1. The van der Waals surface area contributed by atoms with Crippen molar-refractivity contribution in [1.29, 1.82) is 0 Å². The van der Waals surface area contributed by atoms with Crippen molar-refractivity contribution in [3.63, 3.8) is 0 Å². The third-order valence-corrected chi connectivity index (χ3v) is 3.16. The number of hydrogen-bond acceptors (Lipinski definition) is 2. The van der Waals surface area contributed by atoms with Crippen molar-refractivity contribution in [3.05, 3.63) is 48.0 Å². The van der Waals surface area contributed by atoms with Crippen LogP contribution in [0.4, 0.5) is 0 Å². The van der Waals surface area contributed by atoms with Crippen LogP contribution in [0.15, 0.2) is 42.5 Å². The lowest BCUT2D eigenvalue weighted by atomic mass is 10.0. The minimum atomic E-state index is 0.0902. The van der Waals surface area contributed by atoms with E-state index in [4.69, 9.17) is 0 Å². The van der Waals surface area contributed by atoms with E-state index in [1.807, 2.05) is 31.3 Å². The molecule has 1 amide bonds. The van der Waals surface area contributed by atoms with Gasteiger partial charge in [0.25, 0.3) is 0 Å². The van der Waals surface area contributed by atoms with Crippen LogP contribution in [0, 0.1) is 0 Å². The lowest BCUT2D eigenvalue weighted by molar-refractivity contribution is -0.120. The van der Waals surface area contributed by atoms with Gasteiger partial charge in [-0.2, -0.15) is 0 Å². The fourth-order valence-electron chi connectivity index (χ4n) is 2.18. The Balaban J connectivity index is 1.99. The summed E-state index contributed by atoms with van der Waals surface area (Å²) in [6.07, 6.45) is 1.40. The second-order valence-electron chi connectivity index (χ2n) is 4.62. The summed E-state index contributed by atoms with van der Waals surface area (Å²) in [5.74, 6) is 0.0902. The van der Waals surface area contributed by atoms with Crippen LogP contribution < -0.4 is 10.6 Å². The van der Waals surface area contributed by atoms with E-state index in [1.165, 1.54) is 5.39 Å². The van der Waals surface area contributed by atoms with Gasteiger partial charge in [-0.15, -0.1) is 0 Å². The summed E-state index contributed by atoms with van der Waals surface area (Å²) in [6, 6.07) is 14.3. The smallest absolute Gasteiger partial charge is 0.224 e. The molecule has 0 aliphatic heterocycles. The quantitative estimate of drug-likeness (QED) is 0.777. The minimum Gasteiger partial charge on any atom is -0.356 e. The van der Waals surface area contributed by atoms with E-state index in [2.05, 4.69) is 28.8 Å². The van der Waals surface area contributed by atoms with Crippen molar-refractivity contribution in [2.24, 2.45) is 0 Å². The molecule has 0 atom stereocenters. The second kappa shape index (κ2) is 6.90. The van der Waals surface area contributed by atoms with Crippen LogP contribution in [0.1, 0.15) is 12.0 Å². The zero-order valence-corrected chi connectivity index (χ0v) is 11.3. The largest absolute Gasteiger partial charge is 0.356 e. The Hall–Kier alpha value is -1.87. The molecule has 3 heteroatoms. The zero-order chi connectivity index (χ0) is 13.5. The number of carbonyl (C=O) groups excluding carboxylic acids is 1. The fourth-order valence-corrected chi connectivity index (χ4v) is 2.18. The normalized spacial score (nSPS) is 10.6. The molecule has 100 valence electrons. The Morgan fingerprint density at radius 3 is 2.68 bits per heavy atom. The van der Waals surface area contributed by atoms with Crippen molar-refractivity contribution < 1.29 is 4.79 Å². The summed E-state index contributed by atoms with van der Waals surface area (Å²) in [5.41, 5.74) is 1.09. The Morgan fingerprint density at radius 2 is 1.84 bits per heavy atom. The summed E-state index contributed by atoms with van der Waals surface area (Å²) < 4.78 is 0. The lowest BCUT2D eigenvalue weighted by Gasteiger charge is -2.07. The molecular weight excluding hydrogens is 236 g/mol. The van der Waals surface area contributed by atoms with Crippen LogP contribution in [0.2, 0.25) is 0 Å². The predicted molar refractivity (Wildman–Crippen MR) is 79.2 cm³/mol. The molecule has 0 aliphatic rings. The summed E-state index contributed by atoms with van der Waals surface area (Å²) in [7, 11) is 1.91. The van der Waals surface area contributed by atoms with Crippen molar-refractivity contribution in [3.8, 4) is 0 Å². The van der Waals surface area contributed by atoms with Crippen LogP contribution in [0.3, 0.4) is 0 Å². The molecule has 0 radical (unpaired) electrons. The predicted octanol–water partition coefficient (Wildman–Crippen LogP) is 2.11. The molecule has 0 saturated heterocycles. The van der Waals surface area contributed by atoms with Crippen molar-refractivity contribution in [2.75, 3.05) is 20.1 Å². The van der Waals surface area contributed by atoms with Crippen LogP contribution in [-0.2, 0) is 11.2 Å². The average molecular weight is 256 g/mol. The van der Waals surface area contributed by atoms with Gasteiger partial charge >= 0.3 is 0 Å². The maximum atomic E-state index is 11.9. The van der Waals surface area contributed by atoms with E-state index in [0.29, 0.717) is 6.42 Å². The van der Waals surface area contributed by atoms with Gasteiger partial charge in [0.2, 0.25) is 5.91 Å². The van der Waals surface area contributed by atoms with Crippen molar-refractivity contribution >= 4 is 16.7 Å². The van der Waals surface area contributed by atoms with Crippen LogP contribution in [-0.4, -0.2) is 26.0 Å². The molecule has 2 aromatic rings. The van der Waals surface area contributed by atoms with Gasteiger partial charge in [-0.3, -0.25) is 4.79 Å². The number of carbonyl (C=O) groups is 1. The highest BCUT2D eigenvalue weighted by molar-refractivity contribution is 5.90. The molecule has 0 unspecified atom stereocenters. The van der Waals surface area contributed by atoms with Gasteiger partial charge in [0.15, 0.2) is 0 Å².